The van der Waals surface area contributed by atoms with Crippen LogP contribution in [0.15, 0.2) is 35.7 Å². The zero-order chi connectivity index (χ0) is 20.7. The molecule has 0 saturated heterocycles. The van der Waals surface area contributed by atoms with Crippen LogP contribution in [0.25, 0.3) is 0 Å². The highest BCUT2D eigenvalue weighted by atomic mass is 32.1. The normalized spacial score (nSPS) is 21.5. The topological polar surface area (TPSA) is 40.6 Å². The average Bonchev–Trinajstić information content (AvgIpc) is 3.24. The van der Waals surface area contributed by atoms with Crippen molar-refractivity contribution < 1.29 is 9.59 Å². The molecule has 0 unspecified atom stereocenters. The summed E-state index contributed by atoms with van der Waals surface area (Å²) in [6, 6.07) is 11.0. The number of thiophene rings is 1. The van der Waals surface area contributed by atoms with E-state index in [4.69, 9.17) is 0 Å². The third kappa shape index (κ3) is 3.80. The van der Waals surface area contributed by atoms with Crippen LogP contribution in [0.4, 0.5) is 0 Å². The summed E-state index contributed by atoms with van der Waals surface area (Å²) in [5, 5.41) is 2.14. The third-order valence-corrected chi connectivity index (χ3v) is 7.96. The number of hydrogen-bond acceptors (Lipinski definition) is 3. The van der Waals surface area contributed by atoms with Crippen LogP contribution < -0.4 is 0 Å². The van der Waals surface area contributed by atoms with Gasteiger partial charge in [-0.05, 0) is 61.6 Å². The Hall–Kier alpha value is -2.14. The molecule has 4 nitrogen and oxygen atoms in total. The lowest BCUT2D eigenvalue weighted by molar-refractivity contribution is -0.144. The van der Waals surface area contributed by atoms with E-state index in [0.717, 1.165) is 57.1 Å². The monoisotopic (exact) mass is 422 g/mol. The molecule has 2 saturated carbocycles. The van der Waals surface area contributed by atoms with Gasteiger partial charge in [-0.3, -0.25) is 9.59 Å². The number of amides is 2. The molecule has 2 aromatic rings. The van der Waals surface area contributed by atoms with Crippen molar-refractivity contribution in [2.75, 3.05) is 13.1 Å². The molecule has 1 aliphatic heterocycles. The molecule has 30 heavy (non-hydrogen) atoms. The van der Waals surface area contributed by atoms with Gasteiger partial charge >= 0.3 is 0 Å². The molecule has 0 spiro atoms. The summed E-state index contributed by atoms with van der Waals surface area (Å²) in [5.74, 6) is 0.454. The second-order valence-electron chi connectivity index (χ2n) is 9.13. The standard InChI is InChI=1S/C25H30N2O2S/c1-17-6-8-18(9-7-17)24-21-13-15-30-22(21)12-14-26(24)23(28)16-27(20-10-11-20)25(29)19-4-2-3-5-19/h6-9,13,15,19-20,24H,2-5,10-12,14,16H2,1H3/t24-/m1/s1. The van der Waals surface area contributed by atoms with Crippen molar-refractivity contribution in [3.63, 3.8) is 0 Å². The molecule has 0 N–H and O–H groups in total. The van der Waals surface area contributed by atoms with Gasteiger partial charge in [0.2, 0.25) is 11.8 Å². The number of aryl methyl sites for hydroxylation is 1. The Morgan fingerprint density at radius 1 is 1.07 bits per heavy atom. The minimum absolute atomic E-state index is 0.0456. The van der Waals surface area contributed by atoms with E-state index in [0.29, 0.717) is 0 Å². The lowest BCUT2D eigenvalue weighted by Gasteiger charge is -2.38. The molecule has 5 rings (SSSR count). The summed E-state index contributed by atoms with van der Waals surface area (Å²) in [6.07, 6.45) is 7.26. The highest BCUT2D eigenvalue weighted by Gasteiger charge is 2.40. The molecule has 2 fully saturated rings. The van der Waals surface area contributed by atoms with E-state index in [9.17, 15) is 9.59 Å². The minimum Gasteiger partial charge on any atom is -0.330 e. The van der Waals surface area contributed by atoms with Crippen molar-refractivity contribution in [1.29, 1.82) is 0 Å². The van der Waals surface area contributed by atoms with Gasteiger partial charge in [0.1, 0.15) is 6.54 Å². The number of fused-ring (bicyclic) bond motifs is 1. The molecule has 158 valence electrons. The Morgan fingerprint density at radius 2 is 1.80 bits per heavy atom. The van der Waals surface area contributed by atoms with Crippen molar-refractivity contribution in [1.82, 2.24) is 9.80 Å². The van der Waals surface area contributed by atoms with E-state index in [1.807, 2.05) is 9.80 Å². The van der Waals surface area contributed by atoms with Gasteiger partial charge in [-0.1, -0.05) is 42.7 Å². The summed E-state index contributed by atoms with van der Waals surface area (Å²) in [6.45, 7) is 3.05. The summed E-state index contributed by atoms with van der Waals surface area (Å²) >= 11 is 1.79. The quantitative estimate of drug-likeness (QED) is 0.700. The summed E-state index contributed by atoms with van der Waals surface area (Å²) in [5.41, 5.74) is 3.64. The summed E-state index contributed by atoms with van der Waals surface area (Å²) in [4.78, 5) is 32.1. The van der Waals surface area contributed by atoms with Crippen LogP contribution in [-0.2, 0) is 16.0 Å². The largest absolute Gasteiger partial charge is 0.330 e. The molecule has 1 aromatic carbocycles. The predicted octanol–water partition coefficient (Wildman–Crippen LogP) is 4.71. The second kappa shape index (κ2) is 8.18. The van der Waals surface area contributed by atoms with E-state index < -0.39 is 0 Å². The zero-order valence-electron chi connectivity index (χ0n) is 17.7. The Kier molecular flexibility index (Phi) is 5.40. The maximum absolute atomic E-state index is 13.6. The molecule has 3 aliphatic rings. The van der Waals surface area contributed by atoms with E-state index >= 15 is 0 Å². The lowest BCUT2D eigenvalue weighted by atomic mass is 9.92. The van der Waals surface area contributed by atoms with Crippen LogP contribution in [0.1, 0.15) is 66.1 Å². The fourth-order valence-corrected chi connectivity index (χ4v) is 6.01. The number of carbonyl (C=O) groups excluding carboxylic acids is 2. The van der Waals surface area contributed by atoms with Crippen LogP contribution in [0, 0.1) is 12.8 Å². The minimum atomic E-state index is -0.0456. The van der Waals surface area contributed by atoms with E-state index in [1.54, 1.807) is 11.3 Å². The Morgan fingerprint density at radius 3 is 2.50 bits per heavy atom. The maximum atomic E-state index is 13.6. The lowest BCUT2D eigenvalue weighted by Crippen LogP contribution is -2.48. The predicted molar refractivity (Wildman–Crippen MR) is 119 cm³/mol. The van der Waals surface area contributed by atoms with Gasteiger partial charge < -0.3 is 9.80 Å². The smallest absolute Gasteiger partial charge is 0.243 e. The molecule has 0 radical (unpaired) electrons. The average molecular weight is 423 g/mol. The Balaban J connectivity index is 1.40. The molecule has 5 heteroatoms. The Bertz CT molecular complexity index is 925. The van der Waals surface area contributed by atoms with Gasteiger partial charge in [0.05, 0.1) is 6.04 Å². The van der Waals surface area contributed by atoms with Crippen molar-refractivity contribution in [2.45, 2.75) is 64.0 Å². The van der Waals surface area contributed by atoms with Crippen LogP contribution in [-0.4, -0.2) is 40.7 Å². The highest BCUT2D eigenvalue weighted by Crippen LogP contribution is 2.39. The van der Waals surface area contributed by atoms with E-state index in [2.05, 4.69) is 42.6 Å². The molecule has 2 amide bonds. The first-order valence-electron chi connectivity index (χ1n) is 11.3. The highest BCUT2D eigenvalue weighted by molar-refractivity contribution is 7.10. The van der Waals surface area contributed by atoms with Crippen LogP contribution in [0.3, 0.4) is 0 Å². The van der Waals surface area contributed by atoms with Crippen LogP contribution in [0.2, 0.25) is 0 Å². The second-order valence-corrected chi connectivity index (χ2v) is 10.1. The van der Waals surface area contributed by atoms with Gasteiger partial charge in [-0.25, -0.2) is 0 Å². The summed E-state index contributed by atoms with van der Waals surface area (Å²) in [7, 11) is 0. The third-order valence-electron chi connectivity index (χ3n) is 6.96. The van der Waals surface area contributed by atoms with Gasteiger partial charge in [0, 0.05) is 23.4 Å². The van der Waals surface area contributed by atoms with Crippen molar-refractivity contribution in [3.05, 3.63) is 57.3 Å². The van der Waals surface area contributed by atoms with Gasteiger partial charge in [0.15, 0.2) is 0 Å². The molecule has 1 atom stereocenters. The first-order chi connectivity index (χ1) is 14.6. The molecular weight excluding hydrogens is 392 g/mol. The van der Waals surface area contributed by atoms with Gasteiger partial charge in [-0.2, -0.15) is 0 Å². The van der Waals surface area contributed by atoms with Gasteiger partial charge in [0.25, 0.3) is 0 Å². The first kappa shape index (κ1) is 19.8. The maximum Gasteiger partial charge on any atom is 0.243 e. The van der Waals surface area contributed by atoms with Crippen molar-refractivity contribution in [2.24, 2.45) is 5.92 Å². The van der Waals surface area contributed by atoms with Crippen molar-refractivity contribution >= 4 is 23.2 Å². The van der Waals surface area contributed by atoms with Crippen LogP contribution in [0.5, 0.6) is 0 Å². The number of nitrogens with zero attached hydrogens (tertiary/aromatic N) is 2. The van der Waals surface area contributed by atoms with Crippen LogP contribution >= 0.6 is 11.3 Å². The first-order valence-corrected chi connectivity index (χ1v) is 12.2. The number of rotatable bonds is 5. The van der Waals surface area contributed by atoms with E-state index in [-0.39, 0.29) is 36.4 Å². The fraction of sp³-hybridized carbons (Fsp3) is 0.520. The fourth-order valence-electron chi connectivity index (χ4n) is 5.11. The molecule has 2 aliphatic carbocycles. The van der Waals surface area contributed by atoms with Gasteiger partial charge in [-0.15, -0.1) is 11.3 Å². The van der Waals surface area contributed by atoms with Crippen molar-refractivity contribution in [3.8, 4) is 0 Å². The zero-order valence-corrected chi connectivity index (χ0v) is 18.5. The number of hydrogen-bond donors (Lipinski definition) is 0. The molecule has 0 bridgehead atoms. The van der Waals surface area contributed by atoms with E-state index in [1.165, 1.54) is 16.0 Å². The SMILES string of the molecule is Cc1ccc([C@@H]2c3ccsc3CCN2C(=O)CN(C(=O)C2CCCC2)C2CC2)cc1. The molecule has 2 heterocycles. The number of benzene rings is 1. The number of carbonyl (C=O) groups is 2. The summed E-state index contributed by atoms with van der Waals surface area (Å²) < 4.78 is 0. The molecular formula is C25H30N2O2S. The molecule has 1 aromatic heterocycles. The Labute approximate surface area is 182 Å².